The van der Waals surface area contributed by atoms with Gasteiger partial charge >= 0.3 is 0 Å². The number of nitrogens with zero attached hydrogens (tertiary/aromatic N) is 4. The Labute approximate surface area is 380 Å². The number of hydrogen-bond donors (Lipinski definition) is 3. The molecule has 4 aliphatic heterocycles. The topological polar surface area (TPSA) is 166 Å². The summed E-state index contributed by atoms with van der Waals surface area (Å²) in [5.41, 5.74) is 9.08. The van der Waals surface area contributed by atoms with Crippen LogP contribution in [0.5, 0.6) is 5.75 Å². The zero-order valence-electron chi connectivity index (χ0n) is 38.0. The Morgan fingerprint density at radius 3 is 2.37 bits per heavy atom. The molecule has 3 aromatic carbocycles. The summed E-state index contributed by atoms with van der Waals surface area (Å²) in [5, 5.41) is 5.39. The molecule has 3 N–H and O–H groups in total. The largest absolute Gasteiger partial charge is 0.491 e. The summed E-state index contributed by atoms with van der Waals surface area (Å²) >= 11 is 0. The molecule has 0 bridgehead atoms. The summed E-state index contributed by atoms with van der Waals surface area (Å²) in [6, 6.07) is 19.8. The lowest BCUT2D eigenvalue weighted by Crippen LogP contribution is -2.52. The summed E-state index contributed by atoms with van der Waals surface area (Å²) < 4.78 is 17.6. The van der Waals surface area contributed by atoms with Gasteiger partial charge in [-0.2, -0.15) is 0 Å². The molecule has 3 saturated heterocycles. The number of benzene rings is 3. The second-order valence-corrected chi connectivity index (χ2v) is 17.5. The Hall–Kier alpha value is -6.03. The normalized spacial score (nSPS) is 18.2. The number of H-pyrrole nitrogens is 1. The van der Waals surface area contributed by atoms with E-state index in [1.807, 2.05) is 39.0 Å². The zero-order valence-corrected chi connectivity index (χ0v) is 38.0. The fraction of sp³-hybridized carbons (Fsp3) is 0.460. The van der Waals surface area contributed by atoms with Gasteiger partial charge in [-0.3, -0.25) is 34.2 Å². The number of aryl methyl sites for hydroxylation is 2. The third-order valence-corrected chi connectivity index (χ3v) is 13.3. The molecule has 0 spiro atoms. The van der Waals surface area contributed by atoms with Crippen molar-refractivity contribution < 1.29 is 33.4 Å². The van der Waals surface area contributed by atoms with E-state index < -0.39 is 11.9 Å². The molecule has 1 unspecified atom stereocenters. The highest BCUT2D eigenvalue weighted by Gasteiger charge is 2.39. The van der Waals surface area contributed by atoms with Crippen molar-refractivity contribution in [1.82, 2.24) is 25.4 Å². The second kappa shape index (κ2) is 20.4. The number of carbonyl (C=O) groups is 4. The van der Waals surface area contributed by atoms with Crippen LogP contribution in [0, 0.1) is 20.8 Å². The molecule has 0 radical (unpaired) electrons. The van der Waals surface area contributed by atoms with Crippen LogP contribution in [0.1, 0.15) is 81.3 Å². The number of fused-ring (bicyclic) bond motifs is 1. The molecular formula is C50H61N7O8. The van der Waals surface area contributed by atoms with Gasteiger partial charge in [0.1, 0.15) is 18.4 Å². The molecule has 15 nitrogen and oxygen atoms in total. The van der Waals surface area contributed by atoms with Crippen molar-refractivity contribution in [2.45, 2.75) is 78.6 Å². The van der Waals surface area contributed by atoms with E-state index in [1.54, 1.807) is 12.1 Å². The molecule has 4 amide bonds. The van der Waals surface area contributed by atoms with Gasteiger partial charge in [-0.05, 0) is 123 Å². The summed E-state index contributed by atoms with van der Waals surface area (Å²) in [4.78, 5) is 75.3. The van der Waals surface area contributed by atoms with Crippen LogP contribution in [0.15, 0.2) is 65.5 Å². The number of piperidine rings is 1. The molecule has 15 heteroatoms. The van der Waals surface area contributed by atoms with E-state index in [4.69, 9.17) is 14.2 Å². The molecule has 65 heavy (non-hydrogen) atoms. The van der Waals surface area contributed by atoms with Gasteiger partial charge in [0.15, 0.2) is 0 Å². The SMILES string of the molecule is CCN(c1cc(-c2ccc(N3CCN(CCOCCOc4ccc5c(c4)CN(C4CCC(=O)NC4=O)C5=O)CC3)cc2)cc(C(=O)NCc2c(C)cc(C)[nH]c2=O)c1C)C1CCOCC1. The van der Waals surface area contributed by atoms with Crippen LogP contribution >= 0.6 is 0 Å². The quantitative estimate of drug-likeness (QED) is 0.104. The maximum Gasteiger partial charge on any atom is 0.255 e. The van der Waals surface area contributed by atoms with E-state index in [0.717, 1.165) is 110 Å². The highest BCUT2D eigenvalue weighted by molar-refractivity contribution is 6.05. The lowest BCUT2D eigenvalue weighted by atomic mass is 9.95. The molecule has 344 valence electrons. The number of carbonyl (C=O) groups excluding carboxylic acids is 4. The standard InChI is InChI=1S/C50H61N7O8/c1-5-56(39-14-21-63-22-15-39)45-29-36(28-42(34(45)4)47(59)51-30-43-32(2)26-33(3)52-48(43)60)35-6-8-38(9-7-35)55-18-16-54(17-19-55)20-23-64-24-25-65-40-10-11-41-37(27-40)31-57(50(41)62)44-12-13-46(58)53-49(44)61/h6-11,26-29,39,44H,5,12-25,30-31H2,1-4H3,(H,51,59)(H,52,60)(H,53,58,61). The number of piperazine rings is 1. The Bertz CT molecular complexity index is 2460. The molecule has 8 rings (SSSR count). The fourth-order valence-electron chi connectivity index (χ4n) is 9.64. The zero-order chi connectivity index (χ0) is 45.6. The molecule has 0 aliphatic carbocycles. The first-order valence-corrected chi connectivity index (χ1v) is 23.0. The van der Waals surface area contributed by atoms with E-state index in [-0.39, 0.29) is 36.2 Å². The van der Waals surface area contributed by atoms with Crippen LogP contribution in [0.3, 0.4) is 0 Å². The van der Waals surface area contributed by atoms with Gasteiger partial charge in [0.25, 0.3) is 17.4 Å². The third-order valence-electron chi connectivity index (χ3n) is 13.3. The number of ether oxygens (including phenoxy) is 3. The van der Waals surface area contributed by atoms with Gasteiger partial charge in [-0.15, -0.1) is 0 Å². The minimum atomic E-state index is -0.645. The number of rotatable bonds is 16. The maximum absolute atomic E-state index is 14.0. The van der Waals surface area contributed by atoms with Crippen LogP contribution < -0.4 is 30.7 Å². The maximum atomic E-state index is 14.0. The number of amides is 4. The van der Waals surface area contributed by atoms with E-state index in [1.165, 1.54) is 4.90 Å². The van der Waals surface area contributed by atoms with Gasteiger partial charge in [0.05, 0.1) is 13.2 Å². The van der Waals surface area contributed by atoms with Crippen molar-refractivity contribution >= 4 is 35.0 Å². The van der Waals surface area contributed by atoms with Gasteiger partial charge in [-0.1, -0.05) is 12.1 Å². The van der Waals surface area contributed by atoms with Gasteiger partial charge in [0, 0.05) is 112 Å². The number of hydrogen-bond acceptors (Lipinski definition) is 11. The van der Waals surface area contributed by atoms with Crippen molar-refractivity contribution in [2.24, 2.45) is 0 Å². The first-order chi connectivity index (χ1) is 31.5. The number of nitrogens with one attached hydrogen (secondary N) is 3. The van der Waals surface area contributed by atoms with Crippen LogP contribution in [0.2, 0.25) is 0 Å². The summed E-state index contributed by atoms with van der Waals surface area (Å²) in [6.07, 6.45) is 2.41. The van der Waals surface area contributed by atoms with Crippen molar-refractivity contribution in [3.63, 3.8) is 0 Å². The molecule has 5 heterocycles. The van der Waals surface area contributed by atoms with Crippen LogP contribution in [-0.2, 0) is 32.2 Å². The first kappa shape index (κ1) is 45.5. The minimum Gasteiger partial charge on any atom is -0.491 e. The summed E-state index contributed by atoms with van der Waals surface area (Å²) in [6.45, 7) is 16.4. The molecule has 1 atom stereocenters. The van der Waals surface area contributed by atoms with E-state index in [2.05, 4.69) is 67.6 Å². The smallest absolute Gasteiger partial charge is 0.255 e. The Morgan fingerprint density at radius 2 is 1.65 bits per heavy atom. The average molecular weight is 888 g/mol. The first-order valence-electron chi connectivity index (χ1n) is 23.0. The Balaban J connectivity index is 0.830. The fourth-order valence-corrected chi connectivity index (χ4v) is 9.64. The minimum absolute atomic E-state index is 0.140. The molecule has 3 fully saturated rings. The summed E-state index contributed by atoms with van der Waals surface area (Å²) in [7, 11) is 0. The van der Waals surface area contributed by atoms with Gasteiger partial charge in [-0.25, -0.2) is 0 Å². The second-order valence-electron chi connectivity index (χ2n) is 17.5. The molecule has 0 saturated carbocycles. The number of pyridine rings is 1. The number of aromatic amines is 1. The lowest BCUT2D eigenvalue weighted by molar-refractivity contribution is -0.136. The molecule has 1 aromatic heterocycles. The molecular weight excluding hydrogens is 827 g/mol. The van der Waals surface area contributed by atoms with Gasteiger partial charge < -0.3 is 39.2 Å². The molecule has 4 aromatic rings. The van der Waals surface area contributed by atoms with Crippen LogP contribution in [-0.4, -0.2) is 123 Å². The van der Waals surface area contributed by atoms with Crippen molar-refractivity contribution in [2.75, 3.05) is 82.1 Å². The molecule has 4 aliphatic rings. The predicted octanol–water partition coefficient (Wildman–Crippen LogP) is 4.88. The van der Waals surface area contributed by atoms with Gasteiger partial charge in [0.2, 0.25) is 11.8 Å². The van der Waals surface area contributed by atoms with Crippen LogP contribution in [0.4, 0.5) is 11.4 Å². The van der Waals surface area contributed by atoms with Crippen LogP contribution in [0.25, 0.3) is 11.1 Å². The van der Waals surface area contributed by atoms with Crippen molar-refractivity contribution in [3.8, 4) is 16.9 Å². The van der Waals surface area contributed by atoms with E-state index in [9.17, 15) is 24.0 Å². The highest BCUT2D eigenvalue weighted by atomic mass is 16.5. The highest BCUT2D eigenvalue weighted by Crippen LogP contribution is 2.35. The summed E-state index contributed by atoms with van der Waals surface area (Å²) in [5.74, 6) is -0.499. The average Bonchev–Trinajstić information content (AvgIpc) is 3.63. The monoisotopic (exact) mass is 887 g/mol. The Kier molecular flexibility index (Phi) is 14.3. The predicted molar refractivity (Wildman–Crippen MR) is 249 cm³/mol. The van der Waals surface area contributed by atoms with E-state index >= 15 is 0 Å². The Morgan fingerprint density at radius 1 is 0.877 bits per heavy atom. The number of anilines is 2. The third kappa shape index (κ3) is 10.4. The number of aromatic nitrogens is 1. The van der Waals surface area contributed by atoms with E-state index in [0.29, 0.717) is 61.3 Å². The van der Waals surface area contributed by atoms with Crippen molar-refractivity contribution in [1.29, 1.82) is 0 Å². The van der Waals surface area contributed by atoms with Crippen molar-refractivity contribution in [3.05, 3.63) is 110 Å². The number of imide groups is 1. The lowest BCUT2D eigenvalue weighted by Gasteiger charge is -2.37.